The number of hydrogen-bond acceptors (Lipinski definition) is 1. The van der Waals surface area contributed by atoms with Gasteiger partial charge in [0, 0.05) is 5.91 Å². The van der Waals surface area contributed by atoms with Crippen molar-refractivity contribution >= 4 is 36.6 Å². The van der Waals surface area contributed by atoms with Gasteiger partial charge in [-0.3, -0.25) is 0 Å². The smallest absolute Gasteiger partial charge is 1.00 e. The predicted octanol–water partition coefficient (Wildman–Crippen LogP) is -0.339. The number of benzene rings is 3. The average Bonchev–Trinajstić information content (AvgIpc) is 3.24. The maximum atomic E-state index is 9.87. The molecule has 0 aliphatic carbocycles. The van der Waals surface area contributed by atoms with Gasteiger partial charge >= 0.3 is 26.2 Å². The van der Waals surface area contributed by atoms with Crippen LogP contribution in [0.4, 0.5) is 0 Å². The molecule has 0 atom stereocenters. The molecule has 0 spiro atoms. The summed E-state index contributed by atoms with van der Waals surface area (Å²) in [5, 5.41) is 5.46. The van der Waals surface area contributed by atoms with E-state index in [2.05, 4.69) is 103 Å². The Morgan fingerprint density at radius 1 is 0.812 bits per heavy atom. The van der Waals surface area contributed by atoms with Crippen LogP contribution in [0.1, 0.15) is 26.2 Å². The van der Waals surface area contributed by atoms with Crippen LogP contribution in [0.2, 0.25) is 0 Å². The number of carbonyl (C=O) groups is 1. The zero-order valence-electron chi connectivity index (χ0n) is 18.1. The van der Waals surface area contributed by atoms with Crippen LogP contribution in [-0.2, 0) is 31.0 Å². The molecule has 6 heteroatoms. The molecule has 1 amide bonds. The quantitative estimate of drug-likeness (QED) is 0.244. The van der Waals surface area contributed by atoms with Crippen LogP contribution >= 0.6 is 0 Å². The minimum Gasteiger partial charge on any atom is -1.00 e. The molecule has 0 bridgehead atoms. The third-order valence-electron chi connectivity index (χ3n) is 4.14. The molecule has 4 aromatic carbocycles. The summed E-state index contributed by atoms with van der Waals surface area (Å²) in [6.07, 6.45) is 2.30. The van der Waals surface area contributed by atoms with Gasteiger partial charge in [0.1, 0.15) is 9.52 Å². The minimum atomic E-state index is -0.443. The number of nitrogens with one attached hydrogen (secondary N) is 1. The van der Waals surface area contributed by atoms with Gasteiger partial charge in [-0.2, -0.15) is 17.5 Å². The normalized spacial score (nSPS) is 8.78. The second-order valence-corrected chi connectivity index (χ2v) is 7.94. The fourth-order valence-electron chi connectivity index (χ4n) is 2.62. The zero-order valence-corrected chi connectivity index (χ0v) is 23.1. The molecule has 0 heterocycles. The van der Waals surface area contributed by atoms with E-state index < -0.39 is 5.91 Å². The van der Waals surface area contributed by atoms with Crippen molar-refractivity contribution in [2.24, 2.45) is 0 Å². The van der Waals surface area contributed by atoms with Gasteiger partial charge in [0.05, 0.1) is 0 Å². The molecular weight excluding hydrogens is 533 g/mol. The molecule has 32 heavy (non-hydrogen) atoms. The predicted molar refractivity (Wildman–Crippen MR) is 126 cm³/mol. The molecular formula is C26H27Cl2NOSiZr. The summed E-state index contributed by atoms with van der Waals surface area (Å²) in [5.74, 6) is -0.443. The zero-order chi connectivity index (χ0) is 20.7. The van der Waals surface area contributed by atoms with Crippen molar-refractivity contribution in [3.63, 3.8) is 0 Å². The molecule has 0 saturated heterocycles. The van der Waals surface area contributed by atoms with Crippen molar-refractivity contribution in [1.82, 2.24) is 0 Å². The summed E-state index contributed by atoms with van der Waals surface area (Å²) in [4.78, 5) is 9.87. The van der Waals surface area contributed by atoms with E-state index in [1.165, 1.54) is 21.1 Å². The second-order valence-electron chi connectivity index (χ2n) is 6.54. The molecule has 0 aliphatic heterocycles. The minimum absolute atomic E-state index is 0. The SMILES string of the molecule is CCCCC([NH-])=O.[Cl-].[Cl-].[Zr+4].c1ccc([Si]c2ccccc2)cc1.c1ccc2[cH-]ccc2c1. The van der Waals surface area contributed by atoms with Gasteiger partial charge in [-0.25, -0.2) is 0 Å². The standard InChI is InChI=1S/C12H10Si.C9H7.C5H11NO.2ClH.Zr/c1-3-7-11(8-4-1)13-12-9-5-2-6-10-12;1-2-5-9-7-3-6-8(9)4-1;1-2-3-4-5(6)7;;;/h1-10H;1-7H;2-4H2,1H3,(H2,6,7);2*1H;/q;-1;;;;+4/p-3. The van der Waals surface area contributed by atoms with Crippen molar-refractivity contribution in [2.75, 3.05) is 0 Å². The topological polar surface area (TPSA) is 40.9 Å². The molecule has 4 aromatic rings. The first-order valence-electron chi connectivity index (χ1n) is 9.91. The van der Waals surface area contributed by atoms with Crippen molar-refractivity contribution in [1.29, 1.82) is 0 Å². The van der Waals surface area contributed by atoms with Crippen LogP contribution in [0.15, 0.2) is 103 Å². The Labute approximate surface area is 226 Å². The van der Waals surface area contributed by atoms with Gasteiger partial charge in [0.2, 0.25) is 0 Å². The third-order valence-corrected chi connectivity index (χ3v) is 5.39. The van der Waals surface area contributed by atoms with Crippen LogP contribution < -0.4 is 35.2 Å². The Bertz CT molecular complexity index is 897. The Kier molecular flexibility index (Phi) is 20.4. The number of rotatable bonds is 5. The van der Waals surface area contributed by atoms with Gasteiger partial charge in [0.15, 0.2) is 0 Å². The van der Waals surface area contributed by atoms with Crippen LogP contribution in [-0.4, -0.2) is 15.4 Å². The molecule has 2 nitrogen and oxygen atoms in total. The number of unbranched alkanes of at least 4 members (excludes halogenated alkanes) is 1. The average molecular weight is 560 g/mol. The Hall–Kier alpha value is -1.58. The number of carbonyl (C=O) groups excluding carboxylic acids is 1. The van der Waals surface area contributed by atoms with Crippen LogP contribution in [0.5, 0.6) is 0 Å². The van der Waals surface area contributed by atoms with Crippen molar-refractivity contribution in [2.45, 2.75) is 26.2 Å². The van der Waals surface area contributed by atoms with Crippen molar-refractivity contribution in [3.05, 3.63) is 109 Å². The first-order chi connectivity index (χ1) is 14.2. The summed E-state index contributed by atoms with van der Waals surface area (Å²) < 4.78 is 0. The van der Waals surface area contributed by atoms with E-state index in [0.717, 1.165) is 22.4 Å². The van der Waals surface area contributed by atoms with E-state index in [1.54, 1.807) is 0 Å². The van der Waals surface area contributed by atoms with Gasteiger partial charge in [-0.05, 0) is 12.8 Å². The van der Waals surface area contributed by atoms with Gasteiger partial charge < -0.3 is 35.3 Å². The molecule has 1 N–H and O–H groups in total. The molecule has 164 valence electrons. The van der Waals surface area contributed by atoms with E-state index >= 15 is 0 Å². The molecule has 4 rings (SSSR count). The number of halogens is 2. The van der Waals surface area contributed by atoms with Gasteiger partial charge in [-0.1, -0.05) is 90.4 Å². The fraction of sp³-hybridized carbons (Fsp3) is 0.154. The Balaban J connectivity index is 0. The van der Waals surface area contributed by atoms with Crippen LogP contribution in [0.3, 0.4) is 0 Å². The van der Waals surface area contributed by atoms with E-state index in [-0.39, 0.29) is 51.0 Å². The Morgan fingerprint density at radius 2 is 1.31 bits per heavy atom. The summed E-state index contributed by atoms with van der Waals surface area (Å²) in [5.41, 5.74) is 6.44. The maximum Gasteiger partial charge on any atom is 4.00 e. The van der Waals surface area contributed by atoms with Crippen molar-refractivity contribution in [3.8, 4) is 0 Å². The molecule has 0 fully saturated rings. The van der Waals surface area contributed by atoms with Gasteiger partial charge in [0.25, 0.3) is 0 Å². The maximum absolute atomic E-state index is 9.87. The number of hydrogen-bond donors (Lipinski definition) is 0. The first kappa shape index (κ1) is 32.6. The molecule has 0 saturated carbocycles. The summed E-state index contributed by atoms with van der Waals surface area (Å²) in [7, 11) is 0.777. The molecule has 0 aliphatic rings. The largest absolute Gasteiger partial charge is 4.00 e. The number of amides is 1. The van der Waals surface area contributed by atoms with E-state index in [9.17, 15) is 4.79 Å². The summed E-state index contributed by atoms with van der Waals surface area (Å²) in [6, 6.07) is 35.8. The summed E-state index contributed by atoms with van der Waals surface area (Å²) >= 11 is 0. The second kappa shape index (κ2) is 20.1. The van der Waals surface area contributed by atoms with Crippen LogP contribution in [0, 0.1) is 0 Å². The fourth-order valence-corrected chi connectivity index (χ4v) is 3.67. The van der Waals surface area contributed by atoms with E-state index in [1.807, 2.05) is 6.92 Å². The summed E-state index contributed by atoms with van der Waals surface area (Å²) in [6.45, 7) is 2.00. The molecule has 0 aromatic heterocycles. The van der Waals surface area contributed by atoms with Gasteiger partial charge in [-0.15, -0.1) is 29.7 Å². The molecule has 0 unspecified atom stereocenters. The van der Waals surface area contributed by atoms with E-state index in [4.69, 9.17) is 5.73 Å². The van der Waals surface area contributed by atoms with Crippen LogP contribution in [0.25, 0.3) is 16.5 Å². The third kappa shape index (κ3) is 13.8. The van der Waals surface area contributed by atoms with Crippen molar-refractivity contribution < 1.29 is 55.8 Å². The first-order valence-corrected chi connectivity index (χ1v) is 10.9. The monoisotopic (exact) mass is 557 g/mol. The molecule has 2 radical (unpaired) electrons. The van der Waals surface area contributed by atoms with E-state index in [0.29, 0.717) is 6.42 Å². The Morgan fingerprint density at radius 3 is 1.75 bits per heavy atom. The number of fused-ring (bicyclic) bond motifs is 1.